The molecule has 7 nitrogen and oxygen atoms in total. The monoisotopic (exact) mass is 449 g/mol. The van der Waals surface area contributed by atoms with Crippen LogP contribution in [0, 0.1) is 5.92 Å². The Labute approximate surface area is 190 Å². The topological polar surface area (TPSA) is 82.5 Å². The maximum Gasteiger partial charge on any atom is 0.336 e. The summed E-state index contributed by atoms with van der Waals surface area (Å²) in [7, 11) is 2.65. The Morgan fingerprint density at radius 3 is 2.50 bits per heavy atom. The van der Waals surface area contributed by atoms with Crippen molar-refractivity contribution in [2.45, 2.75) is 12.8 Å². The van der Waals surface area contributed by atoms with Crippen molar-refractivity contribution in [1.29, 1.82) is 0 Å². The summed E-state index contributed by atoms with van der Waals surface area (Å²) in [5.41, 5.74) is 3.65. The zero-order valence-electron chi connectivity index (χ0n) is 18.0. The third kappa shape index (κ3) is 3.73. The van der Waals surface area contributed by atoms with Gasteiger partial charge in [0.15, 0.2) is 0 Å². The second kappa shape index (κ2) is 8.84. The third-order valence-corrected chi connectivity index (χ3v) is 6.36. The van der Waals surface area contributed by atoms with Gasteiger partial charge in [-0.05, 0) is 30.5 Å². The summed E-state index contributed by atoms with van der Waals surface area (Å²) >= 11 is 1.53. The number of ether oxygens (including phenoxy) is 2. The lowest BCUT2D eigenvalue weighted by atomic mass is 9.75. The lowest BCUT2D eigenvalue weighted by Gasteiger charge is -2.34. The van der Waals surface area contributed by atoms with Crippen molar-refractivity contribution < 1.29 is 19.1 Å². The highest BCUT2D eigenvalue weighted by molar-refractivity contribution is 7.13. The fraction of sp³-hybridized carbons (Fsp3) is 0.208. The summed E-state index contributed by atoms with van der Waals surface area (Å²) in [6.45, 7) is 5.81. The molecule has 8 heteroatoms. The highest BCUT2D eigenvalue weighted by Crippen LogP contribution is 2.45. The number of benzene rings is 1. The standard InChI is InChI=1S/C24H23N3O4S/c1-14-19(23(28)30-3)21(20(15(2)25-14)24(29)31-4)17-13-27(16-9-6-5-7-10-16)26-22(17)18-11-8-12-32-18/h5-13,19,21,25H,1H2,2-4H3. The van der Waals surface area contributed by atoms with E-state index in [9.17, 15) is 9.59 Å². The minimum Gasteiger partial charge on any atom is -0.468 e. The van der Waals surface area contributed by atoms with Gasteiger partial charge in [0.1, 0.15) is 11.6 Å². The molecule has 1 aliphatic rings. The highest BCUT2D eigenvalue weighted by atomic mass is 32.1. The van der Waals surface area contributed by atoms with E-state index in [1.54, 1.807) is 11.6 Å². The number of aromatic nitrogens is 2. The fourth-order valence-corrected chi connectivity index (χ4v) is 4.78. The van der Waals surface area contributed by atoms with Gasteiger partial charge in [-0.3, -0.25) is 4.79 Å². The SMILES string of the molecule is C=C1NC(C)=C(C(=O)OC)C(c2cn(-c3ccccc3)nc2-c2cccs2)C1C(=O)OC. The molecule has 1 aromatic carbocycles. The van der Waals surface area contributed by atoms with Gasteiger partial charge in [-0.15, -0.1) is 11.3 Å². The van der Waals surface area contributed by atoms with Gasteiger partial charge in [0.05, 0.1) is 30.4 Å². The van der Waals surface area contributed by atoms with Crippen molar-refractivity contribution in [2.24, 2.45) is 5.92 Å². The lowest BCUT2D eigenvalue weighted by Crippen LogP contribution is -2.39. The maximum atomic E-state index is 12.9. The Hall–Kier alpha value is -3.65. The first-order valence-corrected chi connectivity index (χ1v) is 10.9. The van der Waals surface area contributed by atoms with Gasteiger partial charge in [-0.1, -0.05) is 30.8 Å². The molecule has 0 spiro atoms. The van der Waals surface area contributed by atoms with E-state index in [-0.39, 0.29) is 0 Å². The summed E-state index contributed by atoms with van der Waals surface area (Å²) in [6.07, 6.45) is 1.86. The predicted molar refractivity (Wildman–Crippen MR) is 122 cm³/mol. The molecule has 2 atom stereocenters. The number of carbonyl (C=O) groups excluding carboxylic acids is 2. The molecule has 2 unspecified atom stereocenters. The van der Waals surface area contributed by atoms with Crippen molar-refractivity contribution in [3.8, 4) is 16.3 Å². The number of hydrogen-bond donors (Lipinski definition) is 1. The van der Waals surface area contributed by atoms with Gasteiger partial charge in [0.25, 0.3) is 0 Å². The summed E-state index contributed by atoms with van der Waals surface area (Å²) < 4.78 is 11.9. The van der Waals surface area contributed by atoms with Crippen molar-refractivity contribution in [3.05, 3.63) is 83.2 Å². The number of esters is 2. The number of carbonyl (C=O) groups is 2. The van der Waals surface area contributed by atoms with Crippen LogP contribution in [0.25, 0.3) is 16.3 Å². The van der Waals surface area contributed by atoms with E-state index in [0.717, 1.165) is 10.6 Å². The molecule has 4 rings (SSSR count). The number of nitrogens with zero attached hydrogens (tertiary/aromatic N) is 2. The van der Waals surface area contributed by atoms with Crippen LogP contribution in [0.5, 0.6) is 0 Å². The largest absolute Gasteiger partial charge is 0.468 e. The Bertz CT molecular complexity index is 1200. The maximum absolute atomic E-state index is 12.9. The van der Waals surface area contributed by atoms with Crippen molar-refractivity contribution in [3.63, 3.8) is 0 Å². The Morgan fingerprint density at radius 1 is 1.12 bits per heavy atom. The minimum atomic E-state index is -0.829. The van der Waals surface area contributed by atoms with Gasteiger partial charge in [0, 0.05) is 29.1 Å². The average molecular weight is 450 g/mol. The number of nitrogens with one attached hydrogen (secondary N) is 1. The summed E-state index contributed by atoms with van der Waals surface area (Å²) in [5.74, 6) is -2.53. The van der Waals surface area contributed by atoms with Crippen LogP contribution in [-0.2, 0) is 19.1 Å². The summed E-state index contributed by atoms with van der Waals surface area (Å²) in [4.78, 5) is 26.7. The van der Waals surface area contributed by atoms with Gasteiger partial charge >= 0.3 is 11.9 Å². The number of rotatable bonds is 5. The van der Waals surface area contributed by atoms with E-state index in [0.29, 0.717) is 28.2 Å². The van der Waals surface area contributed by atoms with Gasteiger partial charge < -0.3 is 14.8 Å². The van der Waals surface area contributed by atoms with E-state index < -0.39 is 23.8 Å². The molecule has 0 bridgehead atoms. The van der Waals surface area contributed by atoms with Crippen molar-refractivity contribution in [2.75, 3.05) is 14.2 Å². The molecule has 0 radical (unpaired) electrons. The highest BCUT2D eigenvalue weighted by Gasteiger charge is 2.44. The molecule has 164 valence electrons. The van der Waals surface area contributed by atoms with E-state index in [2.05, 4.69) is 11.9 Å². The van der Waals surface area contributed by atoms with Gasteiger partial charge in [0.2, 0.25) is 0 Å². The number of thiophene rings is 1. The van der Waals surface area contributed by atoms with E-state index in [4.69, 9.17) is 14.6 Å². The number of hydrogen-bond acceptors (Lipinski definition) is 7. The van der Waals surface area contributed by atoms with Crippen LogP contribution < -0.4 is 5.32 Å². The molecule has 2 aromatic heterocycles. The molecule has 1 N–H and O–H groups in total. The zero-order valence-corrected chi connectivity index (χ0v) is 18.8. The van der Waals surface area contributed by atoms with Crippen molar-refractivity contribution >= 4 is 23.3 Å². The molecule has 0 fully saturated rings. The van der Waals surface area contributed by atoms with Crippen LogP contribution in [0.1, 0.15) is 18.4 Å². The molecular formula is C24H23N3O4S. The lowest BCUT2D eigenvalue weighted by molar-refractivity contribution is -0.145. The molecular weight excluding hydrogens is 426 g/mol. The van der Waals surface area contributed by atoms with Crippen LogP contribution in [-0.4, -0.2) is 35.9 Å². The smallest absolute Gasteiger partial charge is 0.336 e. The van der Waals surface area contributed by atoms with Crippen LogP contribution >= 0.6 is 11.3 Å². The average Bonchev–Trinajstić information content (AvgIpc) is 3.48. The number of para-hydroxylation sites is 1. The second-order valence-corrected chi connectivity index (χ2v) is 8.30. The molecule has 3 aromatic rings. The number of methoxy groups -OCH3 is 2. The van der Waals surface area contributed by atoms with E-state index in [1.165, 1.54) is 25.6 Å². The molecule has 3 heterocycles. The normalized spacial score (nSPS) is 18.3. The molecule has 0 saturated heterocycles. The first-order valence-electron chi connectivity index (χ1n) is 9.97. The van der Waals surface area contributed by atoms with Crippen LogP contribution in [0.3, 0.4) is 0 Å². The molecule has 0 amide bonds. The molecule has 32 heavy (non-hydrogen) atoms. The summed E-state index contributed by atoms with van der Waals surface area (Å²) in [5, 5.41) is 9.86. The first-order chi connectivity index (χ1) is 15.5. The second-order valence-electron chi connectivity index (χ2n) is 7.35. The third-order valence-electron chi connectivity index (χ3n) is 5.49. The van der Waals surface area contributed by atoms with E-state index in [1.807, 2.05) is 54.0 Å². The van der Waals surface area contributed by atoms with Gasteiger partial charge in [-0.25, -0.2) is 9.48 Å². The van der Waals surface area contributed by atoms with Crippen LogP contribution in [0.2, 0.25) is 0 Å². The fourth-order valence-electron chi connectivity index (χ4n) is 4.05. The van der Waals surface area contributed by atoms with Crippen molar-refractivity contribution in [1.82, 2.24) is 15.1 Å². The minimum absolute atomic E-state index is 0.348. The quantitative estimate of drug-likeness (QED) is 0.592. The zero-order chi connectivity index (χ0) is 22.8. The number of allylic oxidation sites excluding steroid dienone is 1. The Morgan fingerprint density at radius 2 is 1.88 bits per heavy atom. The molecule has 1 aliphatic heterocycles. The van der Waals surface area contributed by atoms with Crippen LogP contribution in [0.4, 0.5) is 0 Å². The molecule has 0 aliphatic carbocycles. The molecule has 0 saturated carbocycles. The predicted octanol–water partition coefficient (Wildman–Crippen LogP) is 4.04. The Balaban J connectivity index is 1.99. The summed E-state index contributed by atoms with van der Waals surface area (Å²) in [6, 6.07) is 13.6. The Kier molecular flexibility index (Phi) is 5.96. The first kappa shape index (κ1) is 21.6. The van der Waals surface area contributed by atoms with Gasteiger partial charge in [-0.2, -0.15) is 5.10 Å². The van der Waals surface area contributed by atoms with Crippen LogP contribution in [0.15, 0.2) is 77.6 Å². The van der Waals surface area contributed by atoms with E-state index >= 15 is 0 Å².